The molecule has 6 heteroatoms. The van der Waals surface area contributed by atoms with Gasteiger partial charge in [0.15, 0.2) is 5.75 Å². The van der Waals surface area contributed by atoms with Gasteiger partial charge in [0.05, 0.1) is 11.6 Å². The first-order valence-electron chi connectivity index (χ1n) is 11.6. The minimum absolute atomic E-state index is 0.00379. The monoisotopic (exact) mass is 438 g/mol. The summed E-state index contributed by atoms with van der Waals surface area (Å²) in [6.07, 6.45) is 6.34. The molecule has 2 atom stereocenters. The highest BCUT2D eigenvalue weighted by Gasteiger charge is 2.40. The van der Waals surface area contributed by atoms with Crippen molar-refractivity contribution in [1.82, 2.24) is 0 Å². The van der Waals surface area contributed by atoms with Crippen molar-refractivity contribution in [1.29, 1.82) is 0 Å². The molecule has 0 saturated carbocycles. The normalized spacial score (nSPS) is 17.3. The van der Waals surface area contributed by atoms with Crippen LogP contribution in [0.5, 0.6) is 11.5 Å². The maximum atomic E-state index is 11.9. The first kappa shape index (κ1) is 23.6. The van der Waals surface area contributed by atoms with Crippen LogP contribution in [0.15, 0.2) is 54.6 Å². The summed E-state index contributed by atoms with van der Waals surface area (Å²) in [7, 11) is 0. The number of anilines is 1. The molecular weight excluding hydrogens is 406 g/mol. The Kier molecular flexibility index (Phi) is 8.96. The van der Waals surface area contributed by atoms with Crippen molar-refractivity contribution < 1.29 is 24.2 Å². The van der Waals surface area contributed by atoms with Crippen LogP contribution in [0.2, 0.25) is 0 Å². The van der Waals surface area contributed by atoms with Crippen LogP contribution in [0, 0.1) is 5.92 Å². The van der Waals surface area contributed by atoms with Crippen molar-refractivity contribution in [2.45, 2.75) is 64.4 Å². The van der Waals surface area contributed by atoms with E-state index in [-0.39, 0.29) is 18.0 Å². The lowest BCUT2D eigenvalue weighted by Gasteiger charge is -2.35. The number of rotatable bonds is 13. The Balaban J connectivity index is 1.51. The maximum Gasteiger partial charge on any atom is 0.313 e. The van der Waals surface area contributed by atoms with Crippen molar-refractivity contribution in [3.63, 3.8) is 0 Å². The lowest BCUT2D eigenvalue weighted by atomic mass is 9.87. The standard InChI is InChI=1S/C26H33NO5/c1-2-3-4-8-15-21-23(32-25(21)28)17-11-12-19-27(26(29)30)22-16-9-10-18-24(22)31-20-13-6-5-7-14-20/h5-7,9-10,13-14,16,18,21,23H,2-4,8,11-12,15,17,19H2,1H3,(H,29,30)/p-1. The molecule has 1 saturated heterocycles. The van der Waals surface area contributed by atoms with E-state index >= 15 is 0 Å². The third kappa shape index (κ3) is 6.49. The van der Waals surface area contributed by atoms with Gasteiger partial charge in [-0.25, -0.2) is 0 Å². The molecule has 2 unspecified atom stereocenters. The zero-order valence-electron chi connectivity index (χ0n) is 18.7. The number of ether oxygens (including phenoxy) is 2. The van der Waals surface area contributed by atoms with Gasteiger partial charge in [-0.15, -0.1) is 0 Å². The van der Waals surface area contributed by atoms with E-state index in [2.05, 4.69) is 6.92 Å². The van der Waals surface area contributed by atoms with E-state index in [9.17, 15) is 14.7 Å². The Morgan fingerprint density at radius 2 is 1.69 bits per heavy atom. The summed E-state index contributed by atoms with van der Waals surface area (Å²) in [5.41, 5.74) is 0.459. The molecule has 172 valence electrons. The predicted molar refractivity (Wildman–Crippen MR) is 122 cm³/mol. The van der Waals surface area contributed by atoms with Crippen LogP contribution >= 0.6 is 0 Å². The first-order chi connectivity index (χ1) is 15.6. The highest BCUT2D eigenvalue weighted by atomic mass is 16.6. The number of carbonyl (C=O) groups is 2. The third-order valence-electron chi connectivity index (χ3n) is 5.86. The number of nitrogens with zero attached hydrogens (tertiary/aromatic N) is 1. The van der Waals surface area contributed by atoms with Gasteiger partial charge in [-0.2, -0.15) is 0 Å². The summed E-state index contributed by atoms with van der Waals surface area (Å²) in [5, 5.41) is 11.9. The van der Waals surface area contributed by atoms with Crippen LogP contribution in [0.4, 0.5) is 10.5 Å². The average Bonchev–Trinajstić information content (AvgIpc) is 2.79. The zero-order chi connectivity index (χ0) is 22.8. The first-order valence-corrected chi connectivity index (χ1v) is 11.6. The minimum atomic E-state index is -1.27. The van der Waals surface area contributed by atoms with Crippen LogP contribution in [0.3, 0.4) is 0 Å². The number of hydrogen-bond acceptors (Lipinski definition) is 5. The van der Waals surface area contributed by atoms with Crippen LogP contribution in [-0.2, 0) is 9.53 Å². The van der Waals surface area contributed by atoms with E-state index in [4.69, 9.17) is 9.47 Å². The lowest BCUT2D eigenvalue weighted by molar-refractivity contribution is -0.246. The van der Waals surface area contributed by atoms with Gasteiger partial charge in [-0.3, -0.25) is 4.79 Å². The second kappa shape index (κ2) is 12.1. The number of carboxylic acid groups (broad SMARTS) is 1. The highest BCUT2D eigenvalue weighted by Crippen LogP contribution is 2.33. The van der Waals surface area contributed by atoms with Crippen molar-refractivity contribution in [3.8, 4) is 11.5 Å². The minimum Gasteiger partial charge on any atom is -0.530 e. The number of amides is 1. The molecule has 1 aliphatic heterocycles. The lowest BCUT2D eigenvalue weighted by Crippen LogP contribution is -2.45. The molecule has 0 radical (unpaired) electrons. The van der Waals surface area contributed by atoms with Crippen LogP contribution in [-0.4, -0.2) is 24.7 Å². The Hall–Kier alpha value is -3.02. The second-order valence-electron chi connectivity index (χ2n) is 8.23. The van der Waals surface area contributed by atoms with Gasteiger partial charge < -0.3 is 24.3 Å². The Bertz CT molecular complexity index is 870. The number of esters is 1. The van der Waals surface area contributed by atoms with Crippen molar-refractivity contribution >= 4 is 17.7 Å². The van der Waals surface area contributed by atoms with Gasteiger partial charge in [0.25, 0.3) is 0 Å². The highest BCUT2D eigenvalue weighted by molar-refractivity contribution is 5.86. The number of cyclic esters (lactones) is 1. The maximum absolute atomic E-state index is 11.9. The molecule has 2 aromatic carbocycles. The Morgan fingerprint density at radius 1 is 0.969 bits per heavy atom. The molecule has 0 aliphatic carbocycles. The van der Waals surface area contributed by atoms with Gasteiger partial charge in [0.2, 0.25) is 0 Å². The van der Waals surface area contributed by atoms with E-state index in [1.165, 1.54) is 17.7 Å². The summed E-state index contributed by atoms with van der Waals surface area (Å²) >= 11 is 0. The fraction of sp³-hybridized carbons (Fsp3) is 0.462. The third-order valence-corrected chi connectivity index (χ3v) is 5.86. The summed E-state index contributed by atoms with van der Waals surface area (Å²) < 4.78 is 11.2. The molecule has 1 amide bonds. The molecule has 0 aromatic heterocycles. The molecular formula is C26H32NO5-. The molecule has 0 bridgehead atoms. The molecule has 6 nitrogen and oxygen atoms in total. The average molecular weight is 439 g/mol. The van der Waals surface area contributed by atoms with Crippen molar-refractivity contribution in [3.05, 3.63) is 54.6 Å². The zero-order valence-corrected chi connectivity index (χ0v) is 18.7. The molecule has 2 aromatic rings. The number of para-hydroxylation sites is 3. The Labute approximate surface area is 190 Å². The number of hydrogen-bond donors (Lipinski definition) is 0. The van der Waals surface area contributed by atoms with E-state index in [1.54, 1.807) is 24.3 Å². The van der Waals surface area contributed by atoms with E-state index < -0.39 is 6.09 Å². The molecule has 1 heterocycles. The molecule has 0 spiro atoms. The number of carbonyl (C=O) groups excluding carboxylic acids is 2. The molecule has 1 fully saturated rings. The van der Waals surface area contributed by atoms with E-state index in [0.29, 0.717) is 30.2 Å². The van der Waals surface area contributed by atoms with Gasteiger partial charge >= 0.3 is 5.97 Å². The Morgan fingerprint density at radius 3 is 2.41 bits per heavy atom. The fourth-order valence-electron chi connectivity index (χ4n) is 4.06. The number of benzene rings is 2. The fourth-order valence-corrected chi connectivity index (χ4v) is 4.06. The summed E-state index contributed by atoms with van der Waals surface area (Å²) in [6, 6.07) is 16.3. The SMILES string of the molecule is CCCCCCC1C(=O)OC1CCCCN(C(=O)[O-])c1ccccc1Oc1ccccc1. The van der Waals surface area contributed by atoms with Gasteiger partial charge in [-0.05, 0) is 49.9 Å². The van der Waals surface area contributed by atoms with Gasteiger partial charge in [0, 0.05) is 6.54 Å². The molecule has 32 heavy (non-hydrogen) atoms. The second-order valence-corrected chi connectivity index (χ2v) is 8.23. The largest absolute Gasteiger partial charge is 0.530 e. The van der Waals surface area contributed by atoms with Crippen molar-refractivity contribution in [2.75, 3.05) is 11.4 Å². The summed E-state index contributed by atoms with van der Waals surface area (Å²) in [5.74, 6) is 1.01. The van der Waals surface area contributed by atoms with Crippen LogP contribution in [0.25, 0.3) is 0 Å². The summed E-state index contributed by atoms with van der Waals surface area (Å²) in [4.78, 5) is 24.8. The van der Waals surface area contributed by atoms with E-state index in [0.717, 1.165) is 32.1 Å². The topological polar surface area (TPSA) is 78.9 Å². The van der Waals surface area contributed by atoms with Crippen LogP contribution < -0.4 is 14.7 Å². The smallest absolute Gasteiger partial charge is 0.313 e. The van der Waals surface area contributed by atoms with Gasteiger partial charge in [-0.1, -0.05) is 62.9 Å². The van der Waals surface area contributed by atoms with Crippen molar-refractivity contribution in [2.24, 2.45) is 5.92 Å². The summed E-state index contributed by atoms with van der Waals surface area (Å²) in [6.45, 7) is 2.46. The van der Waals surface area contributed by atoms with E-state index in [1.807, 2.05) is 30.3 Å². The predicted octanol–water partition coefficient (Wildman–Crippen LogP) is 5.31. The molecule has 0 N–H and O–H groups in total. The number of unbranched alkanes of at least 4 members (excludes halogenated alkanes) is 4. The quantitative estimate of drug-likeness (QED) is 0.313. The van der Waals surface area contributed by atoms with Crippen LogP contribution in [0.1, 0.15) is 58.3 Å². The molecule has 3 rings (SSSR count). The molecule has 1 aliphatic rings. The van der Waals surface area contributed by atoms with Gasteiger partial charge in [0.1, 0.15) is 17.9 Å².